The van der Waals surface area contributed by atoms with Gasteiger partial charge in [-0.05, 0) is 64.9 Å². The number of ether oxygens (including phenoxy) is 1. The van der Waals surface area contributed by atoms with Gasteiger partial charge < -0.3 is 10.1 Å². The zero-order valence-corrected chi connectivity index (χ0v) is 20.2. The Bertz CT molecular complexity index is 1460. The van der Waals surface area contributed by atoms with Gasteiger partial charge in [0.15, 0.2) is 0 Å². The summed E-state index contributed by atoms with van der Waals surface area (Å²) in [7, 11) is 0. The number of benzene rings is 4. The van der Waals surface area contributed by atoms with E-state index in [1.54, 1.807) is 42.5 Å². The molecular weight excluding hydrogens is 501 g/mol. The molecule has 7 nitrogen and oxygen atoms in total. The maximum Gasteiger partial charge on any atom is 0.345 e. The summed E-state index contributed by atoms with van der Waals surface area (Å²) in [5, 5.41) is 8.84. The Labute approximate surface area is 216 Å². The van der Waals surface area contributed by atoms with Crippen molar-refractivity contribution in [1.82, 2.24) is 10.7 Å². The summed E-state index contributed by atoms with van der Waals surface area (Å²) in [5.74, 6) is -1.14. The minimum Gasteiger partial charge on any atom is -0.423 e. The molecule has 4 rings (SSSR count). The van der Waals surface area contributed by atoms with Gasteiger partial charge in [0.1, 0.15) is 5.75 Å². The van der Waals surface area contributed by atoms with Crippen LogP contribution >= 0.6 is 23.2 Å². The summed E-state index contributed by atoms with van der Waals surface area (Å²) in [4.78, 5) is 36.9. The molecule has 4 aromatic carbocycles. The number of amides is 2. The fourth-order valence-electron chi connectivity index (χ4n) is 3.34. The van der Waals surface area contributed by atoms with E-state index in [9.17, 15) is 14.4 Å². The molecule has 0 spiro atoms. The molecule has 2 N–H and O–H groups in total. The monoisotopic (exact) mass is 519 g/mol. The van der Waals surface area contributed by atoms with Crippen molar-refractivity contribution < 1.29 is 19.1 Å². The van der Waals surface area contributed by atoms with Crippen molar-refractivity contribution >= 4 is 58.0 Å². The second kappa shape index (κ2) is 11.5. The number of carbonyl (C=O) groups excluding carboxylic acids is 3. The molecule has 0 heterocycles. The molecule has 0 bridgehead atoms. The van der Waals surface area contributed by atoms with E-state index in [-0.39, 0.29) is 23.0 Å². The van der Waals surface area contributed by atoms with Gasteiger partial charge in [0.05, 0.1) is 23.3 Å². The molecule has 0 saturated carbocycles. The van der Waals surface area contributed by atoms with Crippen LogP contribution in [0.4, 0.5) is 0 Å². The summed E-state index contributed by atoms with van der Waals surface area (Å²) in [6, 6.07) is 23.9. The average molecular weight is 520 g/mol. The van der Waals surface area contributed by atoms with E-state index in [2.05, 4.69) is 15.8 Å². The zero-order valence-electron chi connectivity index (χ0n) is 18.7. The standard InChI is InChI=1S/C27H19Cl2N3O4/c28-19-10-13-23(24(29)14-19)27(35)36-20-11-8-17(9-12-20)15-31-32-25(33)16-30-26(34)22-7-3-5-18-4-1-2-6-21(18)22/h1-15H,16H2,(H,30,34)(H,32,33)/b31-15-. The number of carbonyl (C=O) groups is 3. The number of nitrogens with one attached hydrogen (secondary N) is 2. The molecule has 0 atom stereocenters. The van der Waals surface area contributed by atoms with Gasteiger partial charge in [0, 0.05) is 10.6 Å². The largest absolute Gasteiger partial charge is 0.423 e. The van der Waals surface area contributed by atoms with E-state index in [0.29, 0.717) is 21.9 Å². The second-order valence-electron chi connectivity index (χ2n) is 7.59. The third-order valence-electron chi connectivity index (χ3n) is 5.09. The first-order valence-electron chi connectivity index (χ1n) is 10.8. The first-order chi connectivity index (χ1) is 17.4. The van der Waals surface area contributed by atoms with Crippen LogP contribution in [0.5, 0.6) is 5.75 Å². The smallest absolute Gasteiger partial charge is 0.345 e. The molecular formula is C27H19Cl2N3O4. The number of hydrogen-bond acceptors (Lipinski definition) is 5. The molecule has 4 aromatic rings. The molecule has 0 radical (unpaired) electrons. The Kier molecular flexibility index (Phi) is 7.95. The lowest BCUT2D eigenvalue weighted by Crippen LogP contribution is -2.35. The van der Waals surface area contributed by atoms with Gasteiger partial charge in [-0.3, -0.25) is 9.59 Å². The number of hydrazone groups is 1. The van der Waals surface area contributed by atoms with Gasteiger partial charge in [0.25, 0.3) is 11.8 Å². The van der Waals surface area contributed by atoms with Crippen LogP contribution in [0.15, 0.2) is 90.0 Å². The lowest BCUT2D eigenvalue weighted by atomic mass is 10.0. The highest BCUT2D eigenvalue weighted by Gasteiger charge is 2.13. The van der Waals surface area contributed by atoms with Gasteiger partial charge >= 0.3 is 5.97 Å². The maximum atomic E-state index is 12.5. The summed E-state index contributed by atoms with van der Waals surface area (Å²) >= 11 is 11.9. The number of fused-ring (bicyclic) bond motifs is 1. The van der Waals surface area contributed by atoms with Gasteiger partial charge in [-0.2, -0.15) is 5.10 Å². The first kappa shape index (κ1) is 24.9. The topological polar surface area (TPSA) is 96.9 Å². The van der Waals surface area contributed by atoms with Crippen LogP contribution in [0.2, 0.25) is 10.0 Å². The van der Waals surface area contributed by atoms with Gasteiger partial charge in [-0.1, -0.05) is 59.6 Å². The Hall–Kier alpha value is -4.20. The Morgan fingerprint density at radius 2 is 1.61 bits per heavy atom. The predicted molar refractivity (Wildman–Crippen MR) is 140 cm³/mol. The van der Waals surface area contributed by atoms with Crippen LogP contribution < -0.4 is 15.5 Å². The lowest BCUT2D eigenvalue weighted by molar-refractivity contribution is -0.120. The van der Waals surface area contributed by atoms with Crippen LogP contribution in [0.1, 0.15) is 26.3 Å². The number of halogens is 2. The van der Waals surface area contributed by atoms with Crippen molar-refractivity contribution in [3.05, 3.63) is 112 Å². The number of rotatable bonds is 7. The van der Waals surface area contributed by atoms with Crippen LogP contribution in [0, 0.1) is 0 Å². The fraction of sp³-hybridized carbons (Fsp3) is 0.0370. The van der Waals surface area contributed by atoms with Crippen LogP contribution in [0.25, 0.3) is 10.8 Å². The maximum absolute atomic E-state index is 12.5. The Morgan fingerprint density at radius 1 is 0.861 bits per heavy atom. The van der Waals surface area contributed by atoms with Crippen molar-refractivity contribution in [3.8, 4) is 5.75 Å². The molecule has 0 saturated heterocycles. The second-order valence-corrected chi connectivity index (χ2v) is 8.43. The van der Waals surface area contributed by atoms with E-state index in [0.717, 1.165) is 10.8 Å². The summed E-state index contributed by atoms with van der Waals surface area (Å²) in [5.41, 5.74) is 3.70. The van der Waals surface area contributed by atoms with Crippen LogP contribution in [0.3, 0.4) is 0 Å². The third-order valence-corrected chi connectivity index (χ3v) is 5.64. The summed E-state index contributed by atoms with van der Waals surface area (Å²) < 4.78 is 5.32. The van der Waals surface area contributed by atoms with Crippen molar-refractivity contribution in [2.75, 3.05) is 6.54 Å². The molecule has 0 aromatic heterocycles. The van der Waals surface area contributed by atoms with E-state index >= 15 is 0 Å². The number of esters is 1. The fourth-order valence-corrected chi connectivity index (χ4v) is 3.82. The number of hydrogen-bond donors (Lipinski definition) is 2. The molecule has 0 aliphatic rings. The minimum absolute atomic E-state index is 0.195. The first-order valence-corrected chi connectivity index (χ1v) is 11.5. The number of nitrogens with zero attached hydrogens (tertiary/aromatic N) is 1. The van der Waals surface area contributed by atoms with E-state index in [1.807, 2.05) is 30.3 Å². The highest BCUT2D eigenvalue weighted by Crippen LogP contribution is 2.23. The van der Waals surface area contributed by atoms with E-state index in [4.69, 9.17) is 27.9 Å². The van der Waals surface area contributed by atoms with Crippen molar-refractivity contribution in [2.45, 2.75) is 0 Å². The van der Waals surface area contributed by atoms with Gasteiger partial charge in [-0.25, -0.2) is 10.2 Å². The lowest BCUT2D eigenvalue weighted by Gasteiger charge is -2.07. The molecule has 9 heteroatoms. The van der Waals surface area contributed by atoms with Crippen molar-refractivity contribution in [1.29, 1.82) is 0 Å². The quantitative estimate of drug-likeness (QED) is 0.151. The molecule has 0 unspecified atom stereocenters. The SMILES string of the molecule is O=C(CNC(=O)c1cccc2ccccc12)N/N=C\c1ccc(OC(=O)c2ccc(Cl)cc2Cl)cc1. The van der Waals surface area contributed by atoms with Crippen molar-refractivity contribution in [2.24, 2.45) is 5.10 Å². The van der Waals surface area contributed by atoms with Gasteiger partial charge in [0.2, 0.25) is 0 Å². The van der Waals surface area contributed by atoms with Crippen LogP contribution in [-0.2, 0) is 4.79 Å². The summed E-state index contributed by atoms with van der Waals surface area (Å²) in [6.07, 6.45) is 1.42. The molecule has 2 amide bonds. The van der Waals surface area contributed by atoms with E-state index < -0.39 is 11.9 Å². The zero-order chi connectivity index (χ0) is 25.5. The predicted octanol–water partition coefficient (Wildman–Crippen LogP) is 5.25. The molecule has 0 aliphatic carbocycles. The molecule has 36 heavy (non-hydrogen) atoms. The Balaban J connectivity index is 1.27. The highest BCUT2D eigenvalue weighted by atomic mass is 35.5. The van der Waals surface area contributed by atoms with Gasteiger partial charge in [-0.15, -0.1) is 0 Å². The average Bonchev–Trinajstić information content (AvgIpc) is 2.88. The molecule has 0 aliphatic heterocycles. The Morgan fingerprint density at radius 3 is 2.39 bits per heavy atom. The van der Waals surface area contributed by atoms with Crippen molar-refractivity contribution in [3.63, 3.8) is 0 Å². The van der Waals surface area contributed by atoms with Crippen LogP contribution in [-0.4, -0.2) is 30.5 Å². The highest BCUT2D eigenvalue weighted by molar-refractivity contribution is 6.36. The van der Waals surface area contributed by atoms with E-state index in [1.165, 1.54) is 18.3 Å². The minimum atomic E-state index is -0.615. The normalized spacial score (nSPS) is 10.8. The summed E-state index contributed by atoms with van der Waals surface area (Å²) in [6.45, 7) is -0.235. The third kappa shape index (κ3) is 6.27. The molecule has 180 valence electrons. The molecule has 0 fully saturated rings.